The number of nitrogens with one attached hydrogen (secondary N) is 1. The van der Waals surface area contributed by atoms with Crippen LogP contribution in [0.1, 0.15) is 34.1 Å². The van der Waals surface area contributed by atoms with Crippen LogP contribution in [-0.4, -0.2) is 40.3 Å². The van der Waals surface area contributed by atoms with Crippen molar-refractivity contribution in [2.45, 2.75) is 17.9 Å². The summed E-state index contributed by atoms with van der Waals surface area (Å²) in [7, 11) is 1.55. The lowest BCUT2D eigenvalue weighted by molar-refractivity contribution is -0.121. The molecule has 2 aliphatic heterocycles. The number of anilines is 1. The molecule has 2 unspecified atom stereocenters. The van der Waals surface area contributed by atoms with Crippen molar-refractivity contribution in [1.82, 2.24) is 14.9 Å². The number of pyridine rings is 2. The molecule has 0 bridgehead atoms. The normalized spacial score (nSPS) is 22.1. The molecule has 7 nitrogen and oxygen atoms in total. The van der Waals surface area contributed by atoms with Gasteiger partial charge in [0.25, 0.3) is 5.91 Å². The number of amides is 2. The molecule has 2 aromatic heterocycles. The number of hydrogen-bond donors (Lipinski definition) is 1. The number of methoxy groups -OCH3 is 1. The highest BCUT2D eigenvalue weighted by molar-refractivity contribution is 6.08. The van der Waals surface area contributed by atoms with Crippen molar-refractivity contribution in [3.8, 4) is 5.75 Å². The Morgan fingerprint density at radius 1 is 1.20 bits per heavy atom. The molecule has 0 saturated carbocycles. The van der Waals surface area contributed by atoms with Crippen molar-refractivity contribution in [2.75, 3.05) is 19.0 Å². The van der Waals surface area contributed by atoms with E-state index in [9.17, 15) is 9.59 Å². The Bertz CT molecular complexity index is 1130. The summed E-state index contributed by atoms with van der Waals surface area (Å²) < 4.78 is 5.25. The second-order valence-corrected chi connectivity index (χ2v) is 7.49. The highest BCUT2D eigenvalue weighted by Gasteiger charge is 2.59. The number of benzene rings is 1. The molecule has 3 aromatic rings. The maximum Gasteiger partial charge on any atom is 0.273 e. The molecule has 30 heavy (non-hydrogen) atoms. The van der Waals surface area contributed by atoms with Crippen molar-refractivity contribution in [1.29, 1.82) is 0 Å². The van der Waals surface area contributed by atoms with E-state index in [-0.39, 0.29) is 17.5 Å². The molecular formula is C23H20N4O3. The monoisotopic (exact) mass is 400 g/mol. The number of rotatable bonds is 3. The zero-order valence-corrected chi connectivity index (χ0v) is 16.4. The molecule has 7 heteroatoms. The van der Waals surface area contributed by atoms with Crippen LogP contribution in [0.4, 0.5) is 5.69 Å². The molecule has 0 radical (unpaired) electrons. The molecule has 4 heterocycles. The molecule has 1 fully saturated rings. The van der Waals surface area contributed by atoms with Crippen molar-refractivity contribution < 1.29 is 14.3 Å². The first-order chi connectivity index (χ1) is 14.6. The maximum absolute atomic E-state index is 13.5. The van der Waals surface area contributed by atoms with Crippen LogP contribution in [0.5, 0.6) is 5.75 Å². The van der Waals surface area contributed by atoms with Gasteiger partial charge in [-0.2, -0.15) is 0 Å². The first-order valence-electron chi connectivity index (χ1n) is 9.77. The molecule has 1 N–H and O–H groups in total. The molecule has 2 amide bonds. The fraction of sp³-hybridized carbons (Fsp3) is 0.217. The van der Waals surface area contributed by atoms with E-state index in [1.807, 2.05) is 36.4 Å². The van der Waals surface area contributed by atoms with Crippen LogP contribution >= 0.6 is 0 Å². The lowest BCUT2D eigenvalue weighted by Crippen LogP contribution is -2.42. The van der Waals surface area contributed by atoms with Gasteiger partial charge in [0.05, 0.1) is 13.2 Å². The largest absolute Gasteiger partial charge is 0.497 e. The van der Waals surface area contributed by atoms with Crippen molar-refractivity contribution in [3.05, 3.63) is 83.9 Å². The summed E-state index contributed by atoms with van der Waals surface area (Å²) in [4.78, 5) is 37.1. The Balaban J connectivity index is 1.65. The molecule has 1 saturated heterocycles. The molecule has 1 aromatic carbocycles. The molecular weight excluding hydrogens is 380 g/mol. The summed E-state index contributed by atoms with van der Waals surface area (Å²) in [5.41, 5.74) is 1.95. The predicted molar refractivity (Wildman–Crippen MR) is 110 cm³/mol. The third-order valence-corrected chi connectivity index (χ3v) is 6.03. The SMILES string of the molecule is COc1ccnc(C(=O)N2CCC3(C(=O)Nc4ccccc43)C2c2cccnc2)c1. The number of carbonyl (C=O) groups excluding carboxylic acids is 2. The van der Waals surface area contributed by atoms with Gasteiger partial charge >= 0.3 is 0 Å². The van der Waals surface area contributed by atoms with Crippen LogP contribution in [0.25, 0.3) is 0 Å². The fourth-order valence-corrected chi connectivity index (χ4v) is 4.71. The summed E-state index contributed by atoms with van der Waals surface area (Å²) in [5, 5.41) is 3.01. The van der Waals surface area contributed by atoms with Gasteiger partial charge < -0.3 is 15.0 Å². The van der Waals surface area contributed by atoms with E-state index in [4.69, 9.17) is 4.74 Å². The Morgan fingerprint density at radius 2 is 2.07 bits per heavy atom. The van der Waals surface area contributed by atoms with Crippen LogP contribution < -0.4 is 10.1 Å². The number of aromatic nitrogens is 2. The number of para-hydroxylation sites is 1. The molecule has 150 valence electrons. The minimum absolute atomic E-state index is 0.0912. The van der Waals surface area contributed by atoms with Gasteiger partial charge in [-0.05, 0) is 35.7 Å². The summed E-state index contributed by atoms with van der Waals surface area (Å²) in [6.07, 6.45) is 5.48. The van der Waals surface area contributed by atoms with Gasteiger partial charge in [0.2, 0.25) is 5.91 Å². The first-order valence-corrected chi connectivity index (χ1v) is 9.77. The standard InChI is InChI=1S/C23H20N4O3/c1-30-16-8-11-25-19(13-16)21(28)27-12-9-23(20(27)15-5-4-10-24-14-15)17-6-2-3-7-18(17)26-22(23)29/h2-8,10-11,13-14,20H,9,12H2,1H3,(H,26,29). The number of fused-ring (bicyclic) bond motifs is 2. The number of carbonyl (C=O) groups is 2. The highest BCUT2D eigenvalue weighted by Crippen LogP contribution is 2.54. The number of ether oxygens (including phenoxy) is 1. The molecule has 2 atom stereocenters. The fourth-order valence-electron chi connectivity index (χ4n) is 4.71. The Morgan fingerprint density at radius 3 is 2.87 bits per heavy atom. The average Bonchev–Trinajstić information content (AvgIpc) is 3.33. The lowest BCUT2D eigenvalue weighted by atomic mass is 9.73. The van der Waals surface area contributed by atoms with Crippen molar-refractivity contribution in [2.24, 2.45) is 0 Å². The van der Waals surface area contributed by atoms with Crippen LogP contribution in [0.2, 0.25) is 0 Å². The Kier molecular flexibility index (Phi) is 4.24. The quantitative estimate of drug-likeness (QED) is 0.731. The zero-order valence-electron chi connectivity index (χ0n) is 16.4. The van der Waals surface area contributed by atoms with Crippen LogP contribution in [0, 0.1) is 0 Å². The van der Waals surface area contributed by atoms with Crippen molar-refractivity contribution >= 4 is 17.5 Å². The van der Waals surface area contributed by atoms with Gasteiger partial charge in [0, 0.05) is 36.9 Å². The first kappa shape index (κ1) is 18.3. The summed E-state index contributed by atoms with van der Waals surface area (Å²) in [5.74, 6) is 0.229. The topological polar surface area (TPSA) is 84.4 Å². The van der Waals surface area contributed by atoms with Gasteiger partial charge in [-0.15, -0.1) is 0 Å². The summed E-state index contributed by atoms with van der Waals surface area (Å²) in [6.45, 7) is 0.430. The number of hydrogen-bond acceptors (Lipinski definition) is 5. The van der Waals surface area contributed by atoms with Crippen LogP contribution in [0.3, 0.4) is 0 Å². The Hall–Kier alpha value is -3.74. The van der Waals surface area contributed by atoms with E-state index in [1.54, 1.807) is 42.7 Å². The maximum atomic E-state index is 13.5. The second kappa shape index (κ2) is 6.95. The zero-order chi connectivity index (χ0) is 20.7. The van der Waals surface area contributed by atoms with Gasteiger partial charge in [-0.3, -0.25) is 19.6 Å². The van der Waals surface area contributed by atoms with E-state index in [0.717, 1.165) is 16.8 Å². The van der Waals surface area contributed by atoms with E-state index in [0.29, 0.717) is 18.7 Å². The average molecular weight is 400 g/mol. The second-order valence-electron chi connectivity index (χ2n) is 7.49. The third-order valence-electron chi connectivity index (χ3n) is 6.03. The van der Waals surface area contributed by atoms with Crippen molar-refractivity contribution in [3.63, 3.8) is 0 Å². The van der Waals surface area contributed by atoms with E-state index in [1.165, 1.54) is 0 Å². The van der Waals surface area contributed by atoms with Crippen LogP contribution in [0.15, 0.2) is 67.1 Å². The predicted octanol–water partition coefficient (Wildman–Crippen LogP) is 2.96. The van der Waals surface area contributed by atoms with Gasteiger partial charge in [0.1, 0.15) is 16.9 Å². The minimum Gasteiger partial charge on any atom is -0.497 e. The molecule has 1 spiro atoms. The number of nitrogens with zero attached hydrogens (tertiary/aromatic N) is 3. The molecule has 2 aliphatic rings. The van der Waals surface area contributed by atoms with E-state index in [2.05, 4.69) is 15.3 Å². The summed E-state index contributed by atoms with van der Waals surface area (Å²) >= 11 is 0. The smallest absolute Gasteiger partial charge is 0.273 e. The molecule has 5 rings (SSSR count). The Labute approximate surface area is 173 Å². The van der Waals surface area contributed by atoms with Gasteiger partial charge in [0.15, 0.2) is 0 Å². The minimum atomic E-state index is -0.867. The van der Waals surface area contributed by atoms with Gasteiger partial charge in [-0.25, -0.2) is 0 Å². The van der Waals surface area contributed by atoms with Gasteiger partial charge in [-0.1, -0.05) is 24.3 Å². The van der Waals surface area contributed by atoms with E-state index >= 15 is 0 Å². The highest BCUT2D eigenvalue weighted by atomic mass is 16.5. The van der Waals surface area contributed by atoms with Crippen LogP contribution in [-0.2, 0) is 10.2 Å². The lowest BCUT2D eigenvalue weighted by Gasteiger charge is -2.34. The third kappa shape index (κ3) is 2.58. The molecule has 0 aliphatic carbocycles. The number of likely N-dealkylation sites (tertiary alicyclic amines) is 1. The summed E-state index contributed by atoms with van der Waals surface area (Å²) in [6, 6.07) is 14.3. The van der Waals surface area contributed by atoms with E-state index < -0.39 is 11.5 Å².